The highest BCUT2D eigenvalue weighted by Gasteiger charge is 2.28. The number of piperazine rings is 1. The van der Waals surface area contributed by atoms with Gasteiger partial charge in [0.05, 0.1) is 6.54 Å². The first-order valence-electron chi connectivity index (χ1n) is 7.31. The summed E-state index contributed by atoms with van der Waals surface area (Å²) in [7, 11) is 2.07. The van der Waals surface area contributed by atoms with E-state index in [1.807, 2.05) is 4.90 Å². The van der Waals surface area contributed by atoms with Crippen LogP contribution in [0.15, 0.2) is 0 Å². The molecule has 1 saturated heterocycles. The van der Waals surface area contributed by atoms with Crippen LogP contribution >= 0.6 is 0 Å². The van der Waals surface area contributed by atoms with Gasteiger partial charge >= 0.3 is 0 Å². The fourth-order valence-electron chi connectivity index (χ4n) is 3.02. The number of likely N-dealkylation sites (N-methyl/N-ethyl adjacent to an activating group) is 1. The summed E-state index contributed by atoms with van der Waals surface area (Å²) in [6, 6.07) is 0.286. The molecule has 5 nitrogen and oxygen atoms in total. The number of rotatable bonds is 3. The molecule has 0 N–H and O–H groups in total. The molecule has 2 amide bonds. The molecule has 19 heavy (non-hydrogen) atoms. The Balaban J connectivity index is 1.89. The van der Waals surface area contributed by atoms with Crippen LogP contribution in [-0.2, 0) is 9.59 Å². The summed E-state index contributed by atoms with van der Waals surface area (Å²) in [5.41, 5.74) is 0. The molecule has 5 heteroatoms. The highest BCUT2D eigenvalue weighted by atomic mass is 16.2. The van der Waals surface area contributed by atoms with E-state index in [-0.39, 0.29) is 24.4 Å². The van der Waals surface area contributed by atoms with Crippen molar-refractivity contribution in [2.45, 2.75) is 38.6 Å². The molecule has 0 aromatic rings. The molecule has 0 radical (unpaired) electrons. The van der Waals surface area contributed by atoms with Crippen molar-refractivity contribution in [3.63, 3.8) is 0 Å². The van der Waals surface area contributed by atoms with Crippen LogP contribution in [-0.4, -0.2) is 72.3 Å². The molecule has 0 bridgehead atoms. The van der Waals surface area contributed by atoms with E-state index in [2.05, 4.69) is 11.9 Å². The van der Waals surface area contributed by atoms with Crippen LogP contribution in [0, 0.1) is 0 Å². The molecule has 108 valence electrons. The first kappa shape index (κ1) is 14.3. The van der Waals surface area contributed by atoms with Gasteiger partial charge in [0.15, 0.2) is 0 Å². The predicted octanol–water partition coefficient (Wildman–Crippen LogP) is 0.552. The van der Waals surface area contributed by atoms with Gasteiger partial charge in [-0.15, -0.1) is 0 Å². The normalized spacial score (nSPS) is 21.7. The third-order valence-electron chi connectivity index (χ3n) is 4.33. The van der Waals surface area contributed by atoms with Gasteiger partial charge in [-0.1, -0.05) is 12.8 Å². The number of amides is 2. The minimum absolute atomic E-state index is 0.0365. The van der Waals surface area contributed by atoms with Gasteiger partial charge in [-0.25, -0.2) is 0 Å². The van der Waals surface area contributed by atoms with E-state index < -0.39 is 0 Å². The Kier molecular flexibility index (Phi) is 4.80. The molecule has 2 aliphatic rings. The van der Waals surface area contributed by atoms with E-state index >= 15 is 0 Å². The van der Waals surface area contributed by atoms with E-state index in [1.165, 1.54) is 12.8 Å². The average Bonchev–Trinajstić information content (AvgIpc) is 2.89. The molecule has 2 rings (SSSR count). The maximum absolute atomic E-state index is 12.3. The Labute approximate surface area is 115 Å². The standard InChI is InChI=1S/C14H25N3O2/c1-12(18)17(13-5-3-4-6-13)11-14(19)16-9-7-15(2)8-10-16/h13H,3-11H2,1-2H3. The molecule has 0 atom stereocenters. The Bertz CT molecular complexity index is 332. The lowest BCUT2D eigenvalue weighted by molar-refractivity contribution is -0.142. The van der Waals surface area contributed by atoms with Crippen molar-refractivity contribution < 1.29 is 9.59 Å². The Morgan fingerprint density at radius 3 is 2.21 bits per heavy atom. The number of nitrogens with zero attached hydrogens (tertiary/aromatic N) is 3. The summed E-state index contributed by atoms with van der Waals surface area (Å²) in [6.07, 6.45) is 4.46. The SMILES string of the molecule is CC(=O)N(CC(=O)N1CCN(C)CC1)C1CCCC1. The van der Waals surface area contributed by atoms with Crippen molar-refractivity contribution >= 4 is 11.8 Å². The lowest BCUT2D eigenvalue weighted by Gasteiger charge is -2.35. The molecule has 0 aromatic carbocycles. The third-order valence-corrected chi connectivity index (χ3v) is 4.33. The summed E-state index contributed by atoms with van der Waals surface area (Å²) in [6.45, 7) is 5.27. The summed E-state index contributed by atoms with van der Waals surface area (Å²) in [4.78, 5) is 29.9. The van der Waals surface area contributed by atoms with Crippen LogP contribution in [0.2, 0.25) is 0 Å². The summed E-state index contributed by atoms with van der Waals surface area (Å²) in [5.74, 6) is 0.143. The van der Waals surface area contributed by atoms with Gasteiger partial charge in [0.1, 0.15) is 0 Å². The lowest BCUT2D eigenvalue weighted by Crippen LogP contribution is -2.51. The second-order valence-corrected chi connectivity index (χ2v) is 5.77. The molecule has 0 unspecified atom stereocenters. The van der Waals surface area contributed by atoms with Gasteiger partial charge in [0, 0.05) is 39.1 Å². The zero-order valence-electron chi connectivity index (χ0n) is 12.1. The molecule has 1 aliphatic carbocycles. The molecular formula is C14H25N3O2. The highest BCUT2D eigenvalue weighted by Crippen LogP contribution is 2.23. The number of carbonyl (C=O) groups excluding carboxylic acids is 2. The lowest BCUT2D eigenvalue weighted by atomic mass is 10.2. The van der Waals surface area contributed by atoms with Crippen molar-refractivity contribution in [3.05, 3.63) is 0 Å². The Morgan fingerprint density at radius 1 is 1.11 bits per heavy atom. The van der Waals surface area contributed by atoms with E-state index in [9.17, 15) is 9.59 Å². The van der Waals surface area contributed by atoms with E-state index in [0.29, 0.717) is 0 Å². The van der Waals surface area contributed by atoms with Gasteiger partial charge in [0.25, 0.3) is 0 Å². The Morgan fingerprint density at radius 2 is 1.68 bits per heavy atom. The van der Waals surface area contributed by atoms with E-state index in [4.69, 9.17) is 0 Å². The van der Waals surface area contributed by atoms with Crippen LogP contribution in [0.4, 0.5) is 0 Å². The minimum Gasteiger partial charge on any atom is -0.339 e. The third kappa shape index (κ3) is 3.69. The molecule has 1 saturated carbocycles. The Hall–Kier alpha value is -1.10. The molecular weight excluding hydrogens is 242 g/mol. The van der Waals surface area contributed by atoms with Crippen molar-refractivity contribution in [2.24, 2.45) is 0 Å². The molecule has 0 aromatic heterocycles. The minimum atomic E-state index is 0.0365. The van der Waals surface area contributed by atoms with Gasteiger partial charge < -0.3 is 14.7 Å². The quantitative estimate of drug-likeness (QED) is 0.750. The van der Waals surface area contributed by atoms with Crippen molar-refractivity contribution in [1.82, 2.24) is 14.7 Å². The predicted molar refractivity (Wildman–Crippen MR) is 73.7 cm³/mol. The van der Waals surface area contributed by atoms with Crippen LogP contribution < -0.4 is 0 Å². The molecule has 0 spiro atoms. The summed E-state index contributed by atoms with van der Waals surface area (Å²) >= 11 is 0. The van der Waals surface area contributed by atoms with Crippen LogP contribution in [0.1, 0.15) is 32.6 Å². The van der Waals surface area contributed by atoms with Gasteiger partial charge in [-0.2, -0.15) is 0 Å². The number of hydrogen-bond donors (Lipinski definition) is 0. The maximum Gasteiger partial charge on any atom is 0.242 e. The topological polar surface area (TPSA) is 43.9 Å². The molecule has 1 aliphatic heterocycles. The largest absolute Gasteiger partial charge is 0.339 e. The number of carbonyl (C=O) groups is 2. The second-order valence-electron chi connectivity index (χ2n) is 5.77. The zero-order valence-corrected chi connectivity index (χ0v) is 12.1. The molecule has 2 fully saturated rings. The van der Waals surface area contributed by atoms with Gasteiger partial charge in [-0.05, 0) is 19.9 Å². The van der Waals surface area contributed by atoms with Crippen molar-refractivity contribution in [1.29, 1.82) is 0 Å². The van der Waals surface area contributed by atoms with E-state index in [0.717, 1.165) is 39.0 Å². The van der Waals surface area contributed by atoms with E-state index in [1.54, 1.807) is 11.8 Å². The summed E-state index contributed by atoms with van der Waals surface area (Å²) < 4.78 is 0. The number of hydrogen-bond acceptors (Lipinski definition) is 3. The first-order chi connectivity index (χ1) is 9.08. The van der Waals surface area contributed by atoms with Gasteiger partial charge in [-0.3, -0.25) is 9.59 Å². The zero-order chi connectivity index (χ0) is 13.8. The molecule has 1 heterocycles. The van der Waals surface area contributed by atoms with Crippen molar-refractivity contribution in [2.75, 3.05) is 39.8 Å². The first-order valence-corrected chi connectivity index (χ1v) is 7.31. The average molecular weight is 267 g/mol. The van der Waals surface area contributed by atoms with Gasteiger partial charge in [0.2, 0.25) is 11.8 Å². The van der Waals surface area contributed by atoms with Crippen molar-refractivity contribution in [3.8, 4) is 0 Å². The smallest absolute Gasteiger partial charge is 0.242 e. The van der Waals surface area contributed by atoms with Crippen LogP contribution in [0.5, 0.6) is 0 Å². The fourth-order valence-corrected chi connectivity index (χ4v) is 3.02. The fraction of sp³-hybridized carbons (Fsp3) is 0.857. The van der Waals surface area contributed by atoms with Crippen LogP contribution in [0.25, 0.3) is 0 Å². The highest BCUT2D eigenvalue weighted by molar-refractivity contribution is 5.84. The van der Waals surface area contributed by atoms with Crippen LogP contribution in [0.3, 0.4) is 0 Å². The second kappa shape index (κ2) is 6.37. The maximum atomic E-state index is 12.3. The monoisotopic (exact) mass is 267 g/mol. The summed E-state index contributed by atoms with van der Waals surface area (Å²) in [5, 5.41) is 0.